The van der Waals surface area contributed by atoms with Gasteiger partial charge in [0.05, 0.1) is 13.1 Å². The van der Waals surface area contributed by atoms with Gasteiger partial charge in [0.25, 0.3) is 0 Å². The monoisotopic (exact) mass is 360 g/mol. The molecule has 7 nitrogen and oxygen atoms in total. The fourth-order valence-corrected chi connectivity index (χ4v) is 3.02. The molecule has 25 heavy (non-hydrogen) atoms. The number of thioether (sulfide) groups is 1. The van der Waals surface area contributed by atoms with E-state index in [1.165, 1.54) is 4.90 Å². The molecule has 2 amide bonds. The van der Waals surface area contributed by atoms with Gasteiger partial charge in [-0.2, -0.15) is 5.10 Å². The van der Waals surface area contributed by atoms with E-state index in [-0.39, 0.29) is 12.5 Å². The molecule has 1 aromatic heterocycles. The summed E-state index contributed by atoms with van der Waals surface area (Å²) in [6.45, 7) is 1.46. The summed E-state index contributed by atoms with van der Waals surface area (Å²) >= 11 is 1.66. The van der Waals surface area contributed by atoms with Crippen LogP contribution < -0.4 is 5.32 Å². The summed E-state index contributed by atoms with van der Waals surface area (Å²) in [6, 6.07) is 9.15. The second kappa shape index (κ2) is 8.06. The topological polar surface area (TPSA) is 76.5 Å². The number of ether oxygens (including phenoxy) is 1. The van der Waals surface area contributed by atoms with Gasteiger partial charge in [-0.3, -0.25) is 14.4 Å². The number of rotatable bonds is 7. The number of carbonyl (C=O) groups excluding carboxylic acids is 2. The molecule has 0 bridgehead atoms. The maximum atomic E-state index is 12.4. The minimum atomic E-state index is -0.606. The van der Waals surface area contributed by atoms with Gasteiger partial charge in [-0.25, -0.2) is 4.79 Å². The lowest BCUT2D eigenvalue weighted by molar-refractivity contribution is -0.125. The predicted octanol–water partition coefficient (Wildman–Crippen LogP) is 1.74. The summed E-state index contributed by atoms with van der Waals surface area (Å²) in [4.78, 5) is 27.0. The molecular weight excluding hydrogens is 340 g/mol. The molecule has 1 N–H and O–H groups in total. The van der Waals surface area contributed by atoms with Crippen LogP contribution in [0.4, 0.5) is 4.79 Å². The molecule has 2 heterocycles. The Bertz CT molecular complexity index is 718. The number of aromatic nitrogens is 2. The van der Waals surface area contributed by atoms with Crippen molar-refractivity contribution in [1.29, 1.82) is 0 Å². The van der Waals surface area contributed by atoms with Crippen LogP contribution in [0.2, 0.25) is 0 Å². The second-order valence-electron chi connectivity index (χ2n) is 5.63. The van der Waals surface area contributed by atoms with Crippen LogP contribution in [0.1, 0.15) is 5.56 Å². The highest BCUT2D eigenvalue weighted by molar-refractivity contribution is 7.98. The number of nitrogens with one attached hydrogen (secondary N) is 1. The molecule has 0 aliphatic carbocycles. The average molecular weight is 360 g/mol. The Labute approximate surface area is 150 Å². The van der Waals surface area contributed by atoms with E-state index in [1.807, 2.05) is 42.8 Å². The zero-order valence-corrected chi connectivity index (χ0v) is 14.7. The zero-order chi connectivity index (χ0) is 17.6. The van der Waals surface area contributed by atoms with E-state index in [2.05, 4.69) is 10.4 Å². The number of benzene rings is 1. The third-order valence-corrected chi connectivity index (χ3v) is 4.73. The summed E-state index contributed by atoms with van der Waals surface area (Å²) in [5.41, 5.74) is 0.964. The Kier molecular flexibility index (Phi) is 5.60. The van der Waals surface area contributed by atoms with Crippen LogP contribution in [0.5, 0.6) is 0 Å². The van der Waals surface area contributed by atoms with E-state index < -0.39 is 12.1 Å². The third-order valence-electron chi connectivity index (χ3n) is 3.99. The third kappa shape index (κ3) is 4.33. The van der Waals surface area contributed by atoms with Crippen molar-refractivity contribution in [3.8, 4) is 0 Å². The van der Waals surface area contributed by atoms with Crippen LogP contribution in [0.15, 0.2) is 47.6 Å². The largest absolute Gasteiger partial charge is 0.447 e. The molecule has 132 valence electrons. The van der Waals surface area contributed by atoms with Crippen molar-refractivity contribution in [3.05, 3.63) is 48.3 Å². The van der Waals surface area contributed by atoms with E-state index >= 15 is 0 Å². The van der Waals surface area contributed by atoms with Crippen molar-refractivity contribution in [1.82, 2.24) is 20.0 Å². The molecule has 2 aromatic rings. The number of cyclic esters (lactones) is 1. The molecular formula is C17H20N4O3S. The molecule has 8 heteroatoms. The van der Waals surface area contributed by atoms with Crippen LogP contribution >= 0.6 is 11.8 Å². The van der Waals surface area contributed by atoms with E-state index in [1.54, 1.807) is 22.6 Å². The van der Waals surface area contributed by atoms with Gasteiger partial charge in [-0.05, 0) is 30.0 Å². The minimum absolute atomic E-state index is 0.0787. The van der Waals surface area contributed by atoms with Crippen molar-refractivity contribution >= 4 is 23.8 Å². The van der Waals surface area contributed by atoms with Crippen LogP contribution in [0.3, 0.4) is 0 Å². The molecule has 1 saturated heterocycles. The Morgan fingerprint density at radius 1 is 1.40 bits per heavy atom. The summed E-state index contributed by atoms with van der Waals surface area (Å²) in [7, 11) is 0. The zero-order valence-electron chi connectivity index (χ0n) is 13.9. The molecule has 0 saturated carbocycles. The average Bonchev–Trinajstić information content (AvgIpc) is 3.26. The van der Waals surface area contributed by atoms with E-state index in [0.29, 0.717) is 19.6 Å². The summed E-state index contributed by atoms with van der Waals surface area (Å²) in [5, 5.41) is 6.92. The highest BCUT2D eigenvalue weighted by Crippen LogP contribution is 2.19. The van der Waals surface area contributed by atoms with Crippen molar-refractivity contribution in [2.75, 3.05) is 19.4 Å². The van der Waals surface area contributed by atoms with Gasteiger partial charge in [0.1, 0.15) is 12.6 Å². The standard InChI is InChI=1S/C17H20N4O3S/c1-25-14-5-3-13(4-6-14)11-21-15(12-24-17(21)23)16(22)18-8-10-20-9-2-7-19-20/h2-7,9,15H,8,10-12H2,1H3,(H,18,22)/t15-/m0/s1. The fourth-order valence-electron chi connectivity index (χ4n) is 2.61. The lowest BCUT2D eigenvalue weighted by atomic mass is 10.2. The minimum Gasteiger partial charge on any atom is -0.447 e. The highest BCUT2D eigenvalue weighted by Gasteiger charge is 2.37. The number of carbonyl (C=O) groups is 2. The molecule has 1 fully saturated rings. The lowest BCUT2D eigenvalue weighted by Gasteiger charge is -2.21. The van der Waals surface area contributed by atoms with Crippen LogP contribution in [-0.2, 0) is 22.6 Å². The normalized spacial score (nSPS) is 16.8. The second-order valence-corrected chi connectivity index (χ2v) is 6.51. The van der Waals surface area contributed by atoms with E-state index in [9.17, 15) is 9.59 Å². The Morgan fingerprint density at radius 2 is 2.20 bits per heavy atom. The van der Waals surface area contributed by atoms with Crippen molar-refractivity contribution in [3.63, 3.8) is 0 Å². The number of nitrogens with zero attached hydrogens (tertiary/aromatic N) is 3. The molecule has 1 atom stereocenters. The molecule has 1 aliphatic rings. The first-order valence-electron chi connectivity index (χ1n) is 7.99. The van der Waals surface area contributed by atoms with Gasteiger partial charge in [0, 0.05) is 23.8 Å². The number of amides is 2. The first-order valence-corrected chi connectivity index (χ1v) is 9.21. The Balaban J connectivity index is 1.57. The Morgan fingerprint density at radius 3 is 2.88 bits per heavy atom. The summed E-state index contributed by atoms with van der Waals surface area (Å²) < 4.78 is 6.81. The van der Waals surface area contributed by atoms with Gasteiger partial charge < -0.3 is 10.1 Å². The van der Waals surface area contributed by atoms with Crippen molar-refractivity contribution < 1.29 is 14.3 Å². The Hall–Kier alpha value is -2.48. The SMILES string of the molecule is CSc1ccc(CN2C(=O)OC[C@H]2C(=O)NCCn2cccn2)cc1. The molecule has 0 radical (unpaired) electrons. The van der Waals surface area contributed by atoms with Crippen LogP contribution in [0.25, 0.3) is 0 Å². The van der Waals surface area contributed by atoms with Gasteiger partial charge in [-0.1, -0.05) is 12.1 Å². The van der Waals surface area contributed by atoms with Crippen molar-refractivity contribution in [2.45, 2.75) is 24.0 Å². The molecule has 0 unspecified atom stereocenters. The van der Waals surface area contributed by atoms with Gasteiger partial charge in [0.2, 0.25) is 5.91 Å². The molecule has 1 aromatic carbocycles. The van der Waals surface area contributed by atoms with Gasteiger partial charge in [0.15, 0.2) is 0 Å². The number of hydrogen-bond donors (Lipinski definition) is 1. The maximum absolute atomic E-state index is 12.4. The summed E-state index contributed by atoms with van der Waals surface area (Å²) in [6.07, 6.45) is 5.08. The van der Waals surface area contributed by atoms with Crippen LogP contribution in [0, 0.1) is 0 Å². The molecule has 0 spiro atoms. The number of hydrogen-bond acceptors (Lipinski definition) is 5. The predicted molar refractivity (Wildman–Crippen MR) is 94.1 cm³/mol. The first-order chi connectivity index (χ1) is 12.2. The quantitative estimate of drug-likeness (QED) is 0.761. The van der Waals surface area contributed by atoms with Crippen molar-refractivity contribution in [2.24, 2.45) is 0 Å². The van der Waals surface area contributed by atoms with Gasteiger partial charge >= 0.3 is 6.09 Å². The highest BCUT2D eigenvalue weighted by atomic mass is 32.2. The van der Waals surface area contributed by atoms with Crippen LogP contribution in [-0.4, -0.2) is 52.1 Å². The molecule has 3 rings (SSSR count). The summed E-state index contributed by atoms with van der Waals surface area (Å²) in [5.74, 6) is -0.209. The maximum Gasteiger partial charge on any atom is 0.410 e. The smallest absolute Gasteiger partial charge is 0.410 e. The van der Waals surface area contributed by atoms with Gasteiger partial charge in [-0.15, -0.1) is 11.8 Å². The molecule has 1 aliphatic heterocycles. The van der Waals surface area contributed by atoms with E-state index in [0.717, 1.165) is 10.5 Å². The first kappa shape index (κ1) is 17.3. The van der Waals surface area contributed by atoms with E-state index in [4.69, 9.17) is 4.74 Å². The lowest BCUT2D eigenvalue weighted by Crippen LogP contribution is -2.46. The fraction of sp³-hybridized carbons (Fsp3) is 0.353.